The Hall–Kier alpha value is 0.979. The smallest absolute Gasteiger partial charge is 2.00 e. The van der Waals surface area contributed by atoms with Crippen LogP contribution in [0, 0.1) is 0 Å². The summed E-state index contributed by atoms with van der Waals surface area (Å²) >= 11 is 0. The van der Waals surface area contributed by atoms with Crippen molar-refractivity contribution in [3.8, 4) is 0 Å². The van der Waals surface area contributed by atoms with Crippen molar-refractivity contribution in [1.82, 2.24) is 0 Å². The van der Waals surface area contributed by atoms with Crippen LogP contribution in [0.1, 0.15) is 0 Å². The first-order valence-corrected chi connectivity index (χ1v) is 1.73. The molecule has 0 N–H and O–H groups in total. The van der Waals surface area contributed by atoms with Crippen LogP contribution >= 0.6 is 0 Å². The van der Waals surface area contributed by atoms with Gasteiger partial charge in [-0.15, -0.1) is 0 Å². The van der Waals surface area contributed by atoms with Gasteiger partial charge in [0.25, 0.3) is 0 Å². The number of hydrogen-bond donors (Lipinski definition) is 0. The van der Waals surface area contributed by atoms with E-state index in [4.69, 9.17) is 8.92 Å². The molecule has 0 fully saturated rings. The second-order valence-corrected chi connectivity index (χ2v) is 0. The van der Waals surface area contributed by atoms with Gasteiger partial charge >= 0.3 is 34.7 Å². The van der Waals surface area contributed by atoms with Crippen LogP contribution in [0.25, 0.3) is 0 Å². The van der Waals surface area contributed by atoms with Gasteiger partial charge in [-0.3, -0.25) is 0 Å². The minimum Gasteiger partial charge on any atom is -2.00 e. The Kier molecular flexibility index (Phi) is 6010. The molecule has 0 unspecified atom stereocenters. The third kappa shape index (κ3) is 457. The molecule has 0 aliphatic carbocycles. The van der Waals surface area contributed by atoms with Gasteiger partial charge in [-0.05, 0) is 0 Å². The molecular formula is H4Al2O5Si2. The van der Waals surface area contributed by atoms with Gasteiger partial charge in [0.05, 0.1) is 0 Å². The van der Waals surface area contributed by atoms with Crippen molar-refractivity contribution in [3.63, 3.8) is 0 Å². The molecule has 0 heterocycles. The summed E-state index contributed by atoms with van der Waals surface area (Å²) in [6, 6.07) is 0. The second kappa shape index (κ2) is 597. The van der Waals surface area contributed by atoms with Crippen LogP contribution in [0.3, 0.4) is 0 Å². The molecule has 9 heteroatoms. The van der Waals surface area contributed by atoms with Gasteiger partial charge in [0.15, 0.2) is 0 Å². The van der Waals surface area contributed by atoms with Gasteiger partial charge in [0.1, 0.15) is 0 Å². The molecule has 0 aromatic carbocycles. The fourth-order valence-corrected chi connectivity index (χ4v) is 0. The summed E-state index contributed by atoms with van der Waals surface area (Å²) < 4.78 is 16.6. The van der Waals surface area contributed by atoms with Gasteiger partial charge in [0, 0.05) is 0 Å². The first-order chi connectivity index (χ1) is 2.00. The summed E-state index contributed by atoms with van der Waals surface area (Å²) in [5, 5.41) is 0. The van der Waals surface area contributed by atoms with Crippen LogP contribution in [-0.2, 0) is 25.4 Å². The van der Waals surface area contributed by atoms with Crippen LogP contribution in [0.4, 0.5) is 0 Å². The monoisotopic (exact) mass is 194 g/mol. The molecular weight excluding hydrogens is 190 g/mol. The minimum absolute atomic E-state index is 0. The minimum atomic E-state index is 0. The molecule has 5 nitrogen and oxygen atoms in total. The quantitative estimate of drug-likeness (QED) is 0.377. The van der Waals surface area contributed by atoms with Crippen molar-refractivity contribution in [2.24, 2.45) is 0 Å². The van der Waals surface area contributed by atoms with E-state index in [1.165, 1.54) is 0 Å². The van der Waals surface area contributed by atoms with Crippen LogP contribution < -0.4 is 0 Å². The van der Waals surface area contributed by atoms with E-state index in [0.29, 0.717) is 20.3 Å². The van der Waals surface area contributed by atoms with E-state index in [-0.39, 0.29) is 51.2 Å². The predicted molar refractivity (Wildman–Crippen MR) is 32.0 cm³/mol. The Morgan fingerprint density at radius 3 is 0.556 bits per heavy atom. The first-order valence-electron chi connectivity index (χ1n) is 0.577. The standard InChI is InChI=1S/2Al.2H2OSi.3O/c;;2*1-2;;;/h;;2*2H2;;;/q2*+3;;;3*-2. The average Bonchev–Trinajstić information content (AvgIpc) is 1.50. The molecule has 48 valence electrons. The predicted octanol–water partition coefficient (Wildman–Crippen LogP) is -3.19. The van der Waals surface area contributed by atoms with Gasteiger partial charge in [-0.1, -0.05) is 0 Å². The molecule has 0 amide bonds. The zero-order valence-electron chi connectivity index (χ0n) is 4.61. The maximum atomic E-state index is 8.28. The van der Waals surface area contributed by atoms with Gasteiger partial charge in [-0.2, -0.15) is 0 Å². The Morgan fingerprint density at radius 1 is 0.556 bits per heavy atom. The molecule has 9 heavy (non-hydrogen) atoms. The average molecular weight is 194 g/mol. The zero-order valence-corrected chi connectivity index (χ0v) is 9.75. The van der Waals surface area contributed by atoms with E-state index >= 15 is 0 Å². The van der Waals surface area contributed by atoms with E-state index in [9.17, 15) is 0 Å². The fraction of sp³-hybridized carbons (Fsp3) is 0. The topological polar surface area (TPSA) is 120 Å². The molecule has 0 atom stereocenters. The summed E-state index contributed by atoms with van der Waals surface area (Å²) in [6.07, 6.45) is 0. The van der Waals surface area contributed by atoms with Crippen molar-refractivity contribution in [2.75, 3.05) is 0 Å². The van der Waals surface area contributed by atoms with E-state index in [1.807, 2.05) is 0 Å². The van der Waals surface area contributed by atoms with E-state index in [2.05, 4.69) is 0 Å². The third-order valence-corrected chi connectivity index (χ3v) is 0. The summed E-state index contributed by atoms with van der Waals surface area (Å²) in [7, 11) is 1.22. The summed E-state index contributed by atoms with van der Waals surface area (Å²) in [4.78, 5) is 0. The van der Waals surface area contributed by atoms with Crippen molar-refractivity contribution < 1.29 is 25.4 Å². The molecule has 0 aliphatic heterocycles. The van der Waals surface area contributed by atoms with Gasteiger partial charge < -0.3 is 25.4 Å². The zero-order chi connectivity index (χ0) is 4.00. The van der Waals surface area contributed by atoms with Gasteiger partial charge in [-0.25, -0.2) is 0 Å². The molecule has 0 radical (unpaired) electrons. The number of hydrogen-bond acceptors (Lipinski definition) is 2. The summed E-state index contributed by atoms with van der Waals surface area (Å²) in [5.41, 5.74) is 0. The van der Waals surface area contributed by atoms with Crippen LogP contribution in [0.15, 0.2) is 0 Å². The Labute approximate surface area is 80.4 Å². The molecule has 0 bridgehead atoms. The van der Waals surface area contributed by atoms with E-state index < -0.39 is 0 Å². The Morgan fingerprint density at radius 2 is 0.556 bits per heavy atom. The van der Waals surface area contributed by atoms with Crippen molar-refractivity contribution in [3.05, 3.63) is 0 Å². The number of rotatable bonds is 0. The molecule has 0 aliphatic rings. The maximum absolute atomic E-state index is 8.28. The molecule has 0 saturated heterocycles. The molecule has 0 rings (SSSR count). The van der Waals surface area contributed by atoms with E-state index in [1.54, 1.807) is 0 Å². The molecule has 0 saturated carbocycles. The third-order valence-electron chi connectivity index (χ3n) is 0. The van der Waals surface area contributed by atoms with Crippen LogP contribution in [-0.4, -0.2) is 55.0 Å². The Balaban J connectivity index is -0.00000000114. The maximum Gasteiger partial charge on any atom is 3.00 e. The van der Waals surface area contributed by atoms with E-state index in [0.717, 1.165) is 0 Å². The Bertz CT molecular complexity index is 14.9. The van der Waals surface area contributed by atoms with Crippen molar-refractivity contribution in [1.29, 1.82) is 0 Å². The van der Waals surface area contributed by atoms with Crippen molar-refractivity contribution >= 4 is 55.0 Å². The molecule has 0 aromatic rings. The van der Waals surface area contributed by atoms with Crippen LogP contribution in [0.2, 0.25) is 0 Å². The molecule has 0 aromatic heterocycles. The SMILES string of the molecule is O=[SiH2].O=[SiH2].[Al+3].[Al+3].[O-2].[O-2].[O-2]. The first kappa shape index (κ1) is 90.7. The summed E-state index contributed by atoms with van der Waals surface area (Å²) in [6.45, 7) is 0. The normalized spacial score (nSPS) is 0.889. The molecule has 0 spiro atoms. The largest absolute Gasteiger partial charge is 3.00 e. The van der Waals surface area contributed by atoms with Crippen molar-refractivity contribution in [2.45, 2.75) is 0 Å². The fourth-order valence-electron chi connectivity index (χ4n) is 0. The summed E-state index contributed by atoms with van der Waals surface area (Å²) in [5.74, 6) is 0. The van der Waals surface area contributed by atoms with Gasteiger partial charge in [0.2, 0.25) is 20.3 Å². The van der Waals surface area contributed by atoms with Crippen LogP contribution in [0.5, 0.6) is 0 Å². The second-order valence-electron chi connectivity index (χ2n) is 0.